The summed E-state index contributed by atoms with van der Waals surface area (Å²) in [7, 11) is 0. The Morgan fingerprint density at radius 1 is 0.818 bits per heavy atom. The fourth-order valence-corrected chi connectivity index (χ4v) is 3.20. The maximum atomic E-state index is 12.4. The van der Waals surface area contributed by atoms with Gasteiger partial charge in [-0.3, -0.25) is 19.2 Å². The van der Waals surface area contributed by atoms with Crippen molar-refractivity contribution < 1.29 is 42.9 Å². The molecule has 5 atom stereocenters. The smallest absolute Gasteiger partial charge is 0.308 e. The van der Waals surface area contributed by atoms with Crippen molar-refractivity contribution >= 4 is 23.9 Å². The summed E-state index contributed by atoms with van der Waals surface area (Å²) in [6.07, 6.45) is 3.90. The van der Waals surface area contributed by atoms with Crippen molar-refractivity contribution in [2.45, 2.75) is 116 Å². The standard InChI is InChI=1S/C24H36O9/c1-6-10-13-18(26)30-17(9-4)21-22(29-16(5)25)23(31-19(27)14-11-7-2)24(33-21)32-20(28)15-12-8-3/h4,17,21-24H,6-8,10-15H2,1-3,5H3/t17-,21?,22+,23-,24-/m0/s1. The molecule has 0 spiro atoms. The van der Waals surface area contributed by atoms with Gasteiger partial charge in [0.2, 0.25) is 12.4 Å². The number of rotatable bonds is 14. The summed E-state index contributed by atoms with van der Waals surface area (Å²) in [5, 5.41) is 0. The molecule has 186 valence electrons. The van der Waals surface area contributed by atoms with Crippen molar-refractivity contribution in [3.05, 3.63) is 0 Å². The number of hydrogen-bond acceptors (Lipinski definition) is 9. The molecular weight excluding hydrogens is 432 g/mol. The molecule has 0 N–H and O–H groups in total. The van der Waals surface area contributed by atoms with Gasteiger partial charge < -0.3 is 23.7 Å². The molecule has 0 aromatic carbocycles. The molecule has 1 saturated heterocycles. The Morgan fingerprint density at radius 3 is 1.82 bits per heavy atom. The van der Waals surface area contributed by atoms with Crippen LogP contribution in [-0.4, -0.2) is 54.6 Å². The van der Waals surface area contributed by atoms with Crippen molar-refractivity contribution in [1.82, 2.24) is 0 Å². The molecule has 1 heterocycles. The maximum absolute atomic E-state index is 12.4. The van der Waals surface area contributed by atoms with Gasteiger partial charge in [-0.2, -0.15) is 0 Å². The third kappa shape index (κ3) is 9.82. The lowest BCUT2D eigenvalue weighted by Crippen LogP contribution is -2.45. The Hall–Kier alpha value is -2.60. The van der Waals surface area contributed by atoms with E-state index >= 15 is 0 Å². The summed E-state index contributed by atoms with van der Waals surface area (Å²) >= 11 is 0. The normalized spacial score (nSPS) is 22.6. The first kappa shape index (κ1) is 28.4. The molecule has 0 aromatic rings. The van der Waals surface area contributed by atoms with Crippen LogP contribution in [0.25, 0.3) is 0 Å². The monoisotopic (exact) mass is 468 g/mol. The van der Waals surface area contributed by atoms with Crippen molar-refractivity contribution in [1.29, 1.82) is 0 Å². The molecule has 0 aromatic heterocycles. The Kier molecular flexibility index (Phi) is 13.2. The molecule has 0 saturated carbocycles. The summed E-state index contributed by atoms with van der Waals surface area (Å²) in [4.78, 5) is 48.6. The first-order valence-electron chi connectivity index (χ1n) is 11.6. The molecule has 9 heteroatoms. The largest absolute Gasteiger partial charge is 0.455 e. The van der Waals surface area contributed by atoms with Gasteiger partial charge in [-0.15, -0.1) is 6.42 Å². The van der Waals surface area contributed by atoms with E-state index in [2.05, 4.69) is 5.92 Å². The lowest BCUT2D eigenvalue weighted by molar-refractivity contribution is -0.201. The van der Waals surface area contributed by atoms with Crippen LogP contribution in [0.3, 0.4) is 0 Å². The second-order valence-electron chi connectivity index (χ2n) is 7.88. The number of unbranched alkanes of at least 4 members (excludes halogenated alkanes) is 3. The Balaban J connectivity index is 3.15. The summed E-state index contributed by atoms with van der Waals surface area (Å²) in [5.74, 6) is -0.0120. The summed E-state index contributed by atoms with van der Waals surface area (Å²) in [6.45, 7) is 6.95. The Morgan fingerprint density at radius 2 is 1.33 bits per heavy atom. The average Bonchev–Trinajstić information content (AvgIpc) is 3.08. The van der Waals surface area contributed by atoms with E-state index in [0.29, 0.717) is 19.3 Å². The van der Waals surface area contributed by atoms with E-state index in [9.17, 15) is 19.2 Å². The number of carbonyl (C=O) groups excluding carboxylic acids is 4. The number of terminal acetylenes is 1. The molecule has 0 bridgehead atoms. The van der Waals surface area contributed by atoms with Gasteiger partial charge in [-0.1, -0.05) is 46.0 Å². The van der Waals surface area contributed by atoms with E-state index in [4.69, 9.17) is 30.1 Å². The number of carbonyl (C=O) groups is 4. The van der Waals surface area contributed by atoms with Gasteiger partial charge in [-0.25, -0.2) is 0 Å². The molecule has 0 aliphatic carbocycles. The lowest BCUT2D eigenvalue weighted by atomic mass is 10.1. The Bertz CT molecular complexity index is 697. The lowest BCUT2D eigenvalue weighted by Gasteiger charge is -2.25. The van der Waals surface area contributed by atoms with Crippen molar-refractivity contribution in [2.24, 2.45) is 0 Å². The summed E-state index contributed by atoms with van der Waals surface area (Å²) in [5.41, 5.74) is 0. The topological polar surface area (TPSA) is 114 Å². The second-order valence-corrected chi connectivity index (χ2v) is 7.88. The fraction of sp³-hybridized carbons (Fsp3) is 0.750. The highest BCUT2D eigenvalue weighted by Crippen LogP contribution is 2.32. The van der Waals surface area contributed by atoms with Crippen molar-refractivity contribution in [3.8, 4) is 12.3 Å². The highest BCUT2D eigenvalue weighted by Gasteiger charge is 2.54. The number of hydrogen-bond donors (Lipinski definition) is 0. The molecule has 1 aliphatic heterocycles. The van der Waals surface area contributed by atoms with Crippen LogP contribution < -0.4 is 0 Å². The quantitative estimate of drug-likeness (QED) is 0.215. The molecule has 1 aliphatic rings. The molecule has 9 nitrogen and oxygen atoms in total. The SMILES string of the molecule is C#C[C@H](OC(=O)CCCC)C1O[C@H](OC(=O)CCCC)[C@@H](OC(=O)CCCC)[C@@H]1OC(C)=O. The zero-order valence-electron chi connectivity index (χ0n) is 20.0. The van der Waals surface area contributed by atoms with Crippen LogP contribution in [0.1, 0.15) is 85.5 Å². The molecule has 1 unspecified atom stereocenters. The molecule has 1 fully saturated rings. The van der Waals surface area contributed by atoms with Crippen LogP contribution in [0.5, 0.6) is 0 Å². The van der Waals surface area contributed by atoms with Crippen molar-refractivity contribution in [2.75, 3.05) is 0 Å². The van der Waals surface area contributed by atoms with Gasteiger partial charge >= 0.3 is 23.9 Å². The van der Waals surface area contributed by atoms with E-state index in [1.807, 2.05) is 20.8 Å². The molecule has 1 rings (SSSR count). The first-order chi connectivity index (χ1) is 15.8. The summed E-state index contributed by atoms with van der Waals surface area (Å²) < 4.78 is 27.4. The van der Waals surface area contributed by atoms with E-state index < -0.39 is 54.6 Å². The first-order valence-corrected chi connectivity index (χ1v) is 11.6. The number of esters is 4. The Labute approximate surface area is 195 Å². The third-order valence-electron chi connectivity index (χ3n) is 4.95. The van der Waals surface area contributed by atoms with E-state index in [0.717, 1.165) is 19.3 Å². The molecular formula is C24H36O9. The molecule has 0 amide bonds. The van der Waals surface area contributed by atoms with E-state index in [-0.39, 0.29) is 19.3 Å². The third-order valence-corrected chi connectivity index (χ3v) is 4.95. The summed E-state index contributed by atoms with van der Waals surface area (Å²) in [6, 6.07) is 0. The minimum Gasteiger partial charge on any atom is -0.455 e. The van der Waals surface area contributed by atoms with Gasteiger partial charge in [0.1, 0.15) is 0 Å². The maximum Gasteiger partial charge on any atom is 0.308 e. The number of ether oxygens (including phenoxy) is 5. The highest BCUT2D eigenvalue weighted by molar-refractivity contribution is 5.71. The minimum absolute atomic E-state index is 0.130. The second kappa shape index (κ2) is 15.3. The van der Waals surface area contributed by atoms with Crippen molar-refractivity contribution in [3.63, 3.8) is 0 Å². The van der Waals surface area contributed by atoms with E-state index in [1.165, 1.54) is 6.92 Å². The zero-order valence-corrected chi connectivity index (χ0v) is 20.0. The fourth-order valence-electron chi connectivity index (χ4n) is 3.20. The molecule has 0 radical (unpaired) electrons. The van der Waals surface area contributed by atoms with Crippen LogP contribution in [0.4, 0.5) is 0 Å². The predicted molar refractivity (Wildman–Crippen MR) is 117 cm³/mol. The van der Waals surface area contributed by atoms with Gasteiger partial charge in [-0.05, 0) is 19.3 Å². The molecule has 33 heavy (non-hydrogen) atoms. The highest BCUT2D eigenvalue weighted by atomic mass is 16.8. The van der Waals surface area contributed by atoms with Crippen LogP contribution in [-0.2, 0) is 42.9 Å². The predicted octanol–water partition coefficient (Wildman–Crippen LogP) is 3.21. The van der Waals surface area contributed by atoms with Crippen LogP contribution in [0.2, 0.25) is 0 Å². The van der Waals surface area contributed by atoms with Gasteiger partial charge in [0.05, 0.1) is 0 Å². The van der Waals surface area contributed by atoms with Crippen LogP contribution >= 0.6 is 0 Å². The van der Waals surface area contributed by atoms with Gasteiger partial charge in [0, 0.05) is 26.2 Å². The minimum atomic E-state index is -1.36. The van der Waals surface area contributed by atoms with Gasteiger partial charge in [0.25, 0.3) is 0 Å². The van der Waals surface area contributed by atoms with Gasteiger partial charge in [0.15, 0.2) is 18.3 Å². The zero-order chi connectivity index (χ0) is 24.8. The average molecular weight is 469 g/mol. The van der Waals surface area contributed by atoms with Crippen LogP contribution in [0.15, 0.2) is 0 Å². The van der Waals surface area contributed by atoms with Crippen LogP contribution in [0, 0.1) is 12.3 Å². The van der Waals surface area contributed by atoms with E-state index in [1.54, 1.807) is 0 Å².